The van der Waals surface area contributed by atoms with Crippen molar-refractivity contribution < 1.29 is 18.0 Å². The lowest BCUT2D eigenvalue weighted by molar-refractivity contribution is -0.141. The van der Waals surface area contributed by atoms with Crippen molar-refractivity contribution in [3.8, 4) is 0 Å². The molecule has 0 bridgehead atoms. The molecule has 1 fully saturated rings. The van der Waals surface area contributed by atoms with Crippen LogP contribution < -0.4 is 9.62 Å². The normalized spacial score (nSPS) is 14.8. The molecule has 1 aliphatic carbocycles. The minimum atomic E-state index is -3.52. The molecule has 202 valence electrons. The lowest BCUT2D eigenvalue weighted by atomic mass is 10.1. The van der Waals surface area contributed by atoms with Gasteiger partial charge in [0.2, 0.25) is 21.8 Å². The molecule has 1 unspecified atom stereocenters. The Bertz CT molecular complexity index is 1160. The van der Waals surface area contributed by atoms with Gasteiger partial charge in [-0.1, -0.05) is 67.3 Å². The smallest absolute Gasteiger partial charge is 0.243 e. The molecule has 1 aliphatic rings. The number of nitrogens with zero attached hydrogens (tertiary/aromatic N) is 2. The van der Waals surface area contributed by atoms with Gasteiger partial charge in [-0.3, -0.25) is 13.9 Å². The van der Waals surface area contributed by atoms with E-state index in [1.165, 1.54) is 10.6 Å². The van der Waals surface area contributed by atoms with Gasteiger partial charge in [-0.15, -0.1) is 0 Å². The molecule has 0 aromatic heterocycles. The Kier molecular flexibility index (Phi) is 10.4. The zero-order valence-electron chi connectivity index (χ0n) is 22.0. The highest BCUT2D eigenvalue weighted by atomic mass is 35.5. The van der Waals surface area contributed by atoms with Crippen LogP contribution >= 0.6 is 11.6 Å². The third-order valence-corrected chi connectivity index (χ3v) is 8.42. The molecule has 0 saturated heterocycles. The molecule has 1 N–H and O–H groups in total. The summed E-state index contributed by atoms with van der Waals surface area (Å²) in [7, 11) is -3.52. The molecule has 2 aromatic carbocycles. The molecule has 1 saturated carbocycles. The molecule has 9 heteroatoms. The third-order valence-electron chi connectivity index (χ3n) is 6.86. The number of benzene rings is 2. The van der Waals surface area contributed by atoms with Gasteiger partial charge in [0.05, 0.1) is 11.9 Å². The van der Waals surface area contributed by atoms with Crippen LogP contribution in [0.1, 0.15) is 63.0 Å². The molecule has 0 aliphatic heterocycles. The number of anilines is 1. The van der Waals surface area contributed by atoms with Crippen LogP contribution in [0.25, 0.3) is 0 Å². The number of carbonyl (C=O) groups excluding carboxylic acids is 2. The first-order valence-corrected chi connectivity index (χ1v) is 15.2. The summed E-state index contributed by atoms with van der Waals surface area (Å²) >= 11 is 6.40. The topological polar surface area (TPSA) is 86.8 Å². The van der Waals surface area contributed by atoms with E-state index in [4.69, 9.17) is 11.6 Å². The molecule has 7 nitrogen and oxygen atoms in total. The van der Waals surface area contributed by atoms with Gasteiger partial charge < -0.3 is 10.2 Å². The Labute approximate surface area is 226 Å². The zero-order chi connectivity index (χ0) is 27.0. The van der Waals surface area contributed by atoms with Crippen molar-refractivity contribution in [1.29, 1.82) is 0 Å². The van der Waals surface area contributed by atoms with Crippen LogP contribution in [0.15, 0.2) is 48.5 Å². The molecule has 2 amide bonds. The van der Waals surface area contributed by atoms with Crippen molar-refractivity contribution in [3.63, 3.8) is 0 Å². The first-order valence-electron chi connectivity index (χ1n) is 13.0. The summed E-state index contributed by atoms with van der Waals surface area (Å²) in [4.78, 5) is 28.4. The monoisotopic (exact) mass is 547 g/mol. The van der Waals surface area contributed by atoms with Crippen LogP contribution in [0.5, 0.6) is 0 Å². The first kappa shape index (κ1) is 29.0. The van der Waals surface area contributed by atoms with Gasteiger partial charge in [0, 0.05) is 30.6 Å². The number of carbonyl (C=O) groups is 2. The SMILES string of the molecule is CCC(C(=O)NC1CCCC1)N(Cc1ccccc1Cl)C(=O)CCCN(c1ccc(C)cc1)S(C)(=O)=O. The van der Waals surface area contributed by atoms with Crippen LogP contribution in [0.2, 0.25) is 5.02 Å². The van der Waals surface area contributed by atoms with Crippen molar-refractivity contribution in [2.45, 2.75) is 77.4 Å². The van der Waals surface area contributed by atoms with Gasteiger partial charge >= 0.3 is 0 Å². The average molecular weight is 548 g/mol. The fraction of sp³-hybridized carbons (Fsp3) is 0.500. The van der Waals surface area contributed by atoms with Crippen LogP contribution in [0, 0.1) is 6.92 Å². The summed E-state index contributed by atoms with van der Waals surface area (Å²) in [5.41, 5.74) is 2.36. The van der Waals surface area contributed by atoms with Crippen molar-refractivity contribution in [2.24, 2.45) is 0 Å². The van der Waals surface area contributed by atoms with Crippen molar-refractivity contribution >= 4 is 39.1 Å². The Morgan fingerprint density at radius 1 is 1.08 bits per heavy atom. The van der Waals surface area contributed by atoms with E-state index in [1.807, 2.05) is 44.2 Å². The maximum atomic E-state index is 13.5. The van der Waals surface area contributed by atoms with E-state index in [1.54, 1.807) is 23.1 Å². The van der Waals surface area contributed by atoms with Gasteiger partial charge in [-0.2, -0.15) is 0 Å². The summed E-state index contributed by atoms with van der Waals surface area (Å²) < 4.78 is 26.3. The highest BCUT2D eigenvalue weighted by molar-refractivity contribution is 7.92. The second-order valence-corrected chi connectivity index (χ2v) is 12.1. The molecule has 3 rings (SSSR count). The van der Waals surface area contributed by atoms with E-state index >= 15 is 0 Å². The summed E-state index contributed by atoms with van der Waals surface area (Å²) in [6, 6.07) is 14.1. The molecule has 0 radical (unpaired) electrons. The minimum Gasteiger partial charge on any atom is -0.352 e. The third kappa shape index (κ3) is 8.20. The minimum absolute atomic E-state index is 0.107. The number of hydrogen-bond acceptors (Lipinski definition) is 4. The maximum Gasteiger partial charge on any atom is 0.243 e. The summed E-state index contributed by atoms with van der Waals surface area (Å²) in [5, 5.41) is 3.67. The van der Waals surface area contributed by atoms with Crippen molar-refractivity contribution in [1.82, 2.24) is 10.2 Å². The molecule has 2 aromatic rings. The molecule has 37 heavy (non-hydrogen) atoms. The van der Waals surface area contributed by atoms with Crippen molar-refractivity contribution in [3.05, 3.63) is 64.7 Å². The Morgan fingerprint density at radius 3 is 2.32 bits per heavy atom. The predicted molar refractivity (Wildman–Crippen MR) is 149 cm³/mol. The number of aryl methyl sites for hydroxylation is 1. The van der Waals surface area contributed by atoms with Gasteiger partial charge in [-0.05, 0) is 56.4 Å². The Hall–Kier alpha value is -2.58. The number of halogens is 1. The second-order valence-electron chi connectivity index (χ2n) is 9.80. The van der Waals surface area contributed by atoms with Gasteiger partial charge in [0.15, 0.2) is 0 Å². The zero-order valence-corrected chi connectivity index (χ0v) is 23.5. The van der Waals surface area contributed by atoms with Gasteiger partial charge in [-0.25, -0.2) is 8.42 Å². The number of amides is 2. The average Bonchev–Trinajstić information content (AvgIpc) is 3.36. The van der Waals surface area contributed by atoms with E-state index in [-0.39, 0.29) is 37.4 Å². The van der Waals surface area contributed by atoms with Crippen LogP contribution in [-0.2, 0) is 26.2 Å². The van der Waals surface area contributed by atoms with Crippen LogP contribution in [0.3, 0.4) is 0 Å². The number of nitrogens with one attached hydrogen (secondary N) is 1. The summed E-state index contributed by atoms with van der Waals surface area (Å²) in [6.45, 7) is 4.21. The van der Waals surface area contributed by atoms with Crippen LogP contribution in [-0.4, -0.2) is 50.0 Å². The molecule has 0 heterocycles. The molecular formula is C28H38ClN3O4S. The van der Waals surface area contributed by atoms with E-state index < -0.39 is 16.1 Å². The van der Waals surface area contributed by atoms with Crippen molar-refractivity contribution in [2.75, 3.05) is 17.1 Å². The fourth-order valence-corrected chi connectivity index (χ4v) is 5.97. The first-order chi connectivity index (χ1) is 17.6. The lowest BCUT2D eigenvalue weighted by Gasteiger charge is -2.32. The Morgan fingerprint density at radius 2 is 1.73 bits per heavy atom. The van der Waals surface area contributed by atoms with E-state index in [9.17, 15) is 18.0 Å². The van der Waals surface area contributed by atoms with E-state index in [0.717, 1.165) is 36.8 Å². The molecular weight excluding hydrogens is 510 g/mol. The van der Waals surface area contributed by atoms with E-state index in [2.05, 4.69) is 5.32 Å². The van der Waals surface area contributed by atoms with Gasteiger partial charge in [0.25, 0.3) is 0 Å². The Balaban J connectivity index is 1.76. The summed E-state index contributed by atoms with van der Waals surface area (Å²) in [6.07, 6.45) is 6.17. The highest BCUT2D eigenvalue weighted by Gasteiger charge is 2.31. The highest BCUT2D eigenvalue weighted by Crippen LogP contribution is 2.23. The lowest BCUT2D eigenvalue weighted by Crippen LogP contribution is -2.51. The largest absolute Gasteiger partial charge is 0.352 e. The maximum absolute atomic E-state index is 13.5. The fourth-order valence-electron chi connectivity index (χ4n) is 4.81. The van der Waals surface area contributed by atoms with Crippen LogP contribution in [0.4, 0.5) is 5.69 Å². The number of sulfonamides is 1. The number of hydrogen-bond donors (Lipinski definition) is 1. The van der Waals surface area contributed by atoms with E-state index in [0.29, 0.717) is 23.6 Å². The van der Waals surface area contributed by atoms with Gasteiger partial charge in [0.1, 0.15) is 6.04 Å². The number of rotatable bonds is 12. The molecule has 0 spiro atoms. The quantitative estimate of drug-likeness (QED) is 0.402. The second kappa shape index (κ2) is 13.3. The predicted octanol–water partition coefficient (Wildman–Crippen LogP) is 5.06. The summed E-state index contributed by atoms with van der Waals surface area (Å²) in [5.74, 6) is -0.349. The standard InChI is InChI=1S/C28H38ClN3O4S/c1-4-26(28(34)30-23-11-6-7-12-23)31(20-22-10-5-8-13-25(22)29)27(33)14-9-19-32(37(3,35)36)24-17-15-21(2)16-18-24/h5,8,10,13,15-18,23,26H,4,6-7,9,11-12,14,19-20H2,1-3H3,(H,30,34). The molecule has 1 atom stereocenters.